The van der Waals surface area contributed by atoms with Gasteiger partial charge in [0.2, 0.25) is 15.9 Å². The van der Waals surface area contributed by atoms with Crippen molar-refractivity contribution < 1.29 is 22.5 Å². The second kappa shape index (κ2) is 7.07. The van der Waals surface area contributed by atoms with Crippen molar-refractivity contribution in [2.45, 2.75) is 30.4 Å². The molecule has 0 heterocycles. The Hall–Kier alpha value is -2.81. The van der Waals surface area contributed by atoms with E-state index in [4.69, 9.17) is 0 Å². The lowest BCUT2D eigenvalue weighted by molar-refractivity contribution is -0.384. The van der Waals surface area contributed by atoms with Gasteiger partial charge in [0, 0.05) is 12.1 Å². The Balaban J connectivity index is 1.75. The van der Waals surface area contributed by atoms with Gasteiger partial charge in [-0.2, -0.15) is 0 Å². The minimum absolute atomic E-state index is 0.148. The number of rotatable bonds is 6. The number of hydrogen-bond donors (Lipinski definition) is 1. The third-order valence-electron chi connectivity index (χ3n) is 4.79. The van der Waals surface area contributed by atoms with Crippen molar-refractivity contribution in [3.8, 4) is 0 Å². The fourth-order valence-corrected chi connectivity index (χ4v) is 4.34. The molecular formula is C18H17FN2O5S. The maximum Gasteiger partial charge on any atom is 0.269 e. The third kappa shape index (κ3) is 3.97. The van der Waals surface area contributed by atoms with E-state index in [2.05, 4.69) is 4.72 Å². The molecule has 1 fully saturated rings. The molecule has 1 N–H and O–H groups in total. The summed E-state index contributed by atoms with van der Waals surface area (Å²) in [7, 11) is -3.99. The molecule has 142 valence electrons. The number of benzene rings is 2. The molecule has 3 rings (SSSR count). The molecular weight excluding hydrogens is 375 g/mol. The topological polar surface area (TPSA) is 106 Å². The predicted octanol–water partition coefficient (Wildman–Crippen LogP) is 2.80. The lowest BCUT2D eigenvalue weighted by atomic mass is 9.64. The van der Waals surface area contributed by atoms with Gasteiger partial charge in [-0.05, 0) is 36.1 Å². The number of sulfonamides is 1. The van der Waals surface area contributed by atoms with E-state index in [1.165, 1.54) is 48.5 Å². The number of nitro benzene ring substituents is 1. The summed E-state index contributed by atoms with van der Waals surface area (Å²) in [5.74, 6) is -1.54. The van der Waals surface area contributed by atoms with Crippen molar-refractivity contribution in [2.24, 2.45) is 0 Å². The Morgan fingerprint density at radius 2 is 1.70 bits per heavy atom. The van der Waals surface area contributed by atoms with E-state index in [1.807, 2.05) is 0 Å². The largest absolute Gasteiger partial charge is 0.273 e. The molecule has 2 aromatic carbocycles. The van der Waals surface area contributed by atoms with Crippen molar-refractivity contribution in [1.82, 2.24) is 4.72 Å². The molecule has 2 aromatic rings. The molecule has 9 heteroatoms. The lowest BCUT2D eigenvalue weighted by Crippen LogP contribution is -2.51. The molecule has 0 aliphatic heterocycles. The smallest absolute Gasteiger partial charge is 0.269 e. The van der Waals surface area contributed by atoms with E-state index in [0.717, 1.165) is 6.42 Å². The number of amides is 1. The summed E-state index contributed by atoms with van der Waals surface area (Å²) in [6.07, 6.45) is 1.74. The summed E-state index contributed by atoms with van der Waals surface area (Å²) >= 11 is 0. The van der Waals surface area contributed by atoms with Crippen LogP contribution in [0, 0.1) is 15.9 Å². The second-order valence-corrected chi connectivity index (χ2v) is 8.28. The van der Waals surface area contributed by atoms with Crippen molar-refractivity contribution in [3.63, 3.8) is 0 Å². The van der Waals surface area contributed by atoms with Gasteiger partial charge in [0.1, 0.15) is 5.82 Å². The van der Waals surface area contributed by atoms with Crippen molar-refractivity contribution in [2.75, 3.05) is 0 Å². The molecule has 0 atom stereocenters. The zero-order valence-electron chi connectivity index (χ0n) is 14.2. The van der Waals surface area contributed by atoms with Crippen LogP contribution in [0.2, 0.25) is 0 Å². The van der Waals surface area contributed by atoms with Crippen molar-refractivity contribution >= 4 is 21.6 Å². The lowest BCUT2D eigenvalue weighted by Gasteiger charge is -2.40. The molecule has 0 spiro atoms. The number of carbonyl (C=O) groups is 1. The molecule has 27 heavy (non-hydrogen) atoms. The average molecular weight is 392 g/mol. The molecule has 1 amide bonds. The zero-order chi connectivity index (χ0) is 19.7. The first kappa shape index (κ1) is 19.0. The van der Waals surface area contributed by atoms with Gasteiger partial charge in [0.25, 0.3) is 5.69 Å². The first-order valence-electron chi connectivity index (χ1n) is 8.26. The van der Waals surface area contributed by atoms with Crippen LogP contribution in [0.1, 0.15) is 30.4 Å². The van der Waals surface area contributed by atoms with Gasteiger partial charge >= 0.3 is 0 Å². The predicted molar refractivity (Wildman–Crippen MR) is 95.8 cm³/mol. The molecule has 7 nitrogen and oxygen atoms in total. The van der Waals surface area contributed by atoms with Gasteiger partial charge in [-0.15, -0.1) is 0 Å². The van der Waals surface area contributed by atoms with Gasteiger partial charge in [0.05, 0.1) is 16.1 Å². The van der Waals surface area contributed by atoms with Crippen LogP contribution in [0.15, 0.2) is 48.5 Å². The molecule has 1 saturated carbocycles. The number of hydrogen-bond acceptors (Lipinski definition) is 5. The third-order valence-corrected chi connectivity index (χ3v) is 6.00. The SMILES string of the molecule is O=C(NS(=O)(=O)Cc1ccc([N+](=O)[O-])cc1)C1(c2ccc(F)cc2)CCC1. The van der Waals surface area contributed by atoms with Crippen LogP contribution in [0.5, 0.6) is 0 Å². The summed E-state index contributed by atoms with van der Waals surface area (Å²) in [6, 6.07) is 10.6. The molecule has 0 aromatic heterocycles. The first-order chi connectivity index (χ1) is 12.7. The van der Waals surface area contributed by atoms with E-state index < -0.39 is 37.8 Å². The monoisotopic (exact) mass is 392 g/mol. The Labute approximate surface area is 155 Å². The zero-order valence-corrected chi connectivity index (χ0v) is 15.0. The van der Waals surface area contributed by atoms with Crippen molar-refractivity contribution in [1.29, 1.82) is 0 Å². The highest BCUT2D eigenvalue weighted by Gasteiger charge is 2.46. The molecule has 1 aliphatic rings. The van der Waals surface area contributed by atoms with Crippen LogP contribution < -0.4 is 4.72 Å². The normalized spacial score (nSPS) is 15.6. The highest BCUT2D eigenvalue weighted by Crippen LogP contribution is 2.44. The first-order valence-corrected chi connectivity index (χ1v) is 9.91. The van der Waals surface area contributed by atoms with Crippen molar-refractivity contribution in [3.05, 3.63) is 75.6 Å². The van der Waals surface area contributed by atoms with Crippen LogP contribution in [0.3, 0.4) is 0 Å². The van der Waals surface area contributed by atoms with E-state index in [1.54, 1.807) is 0 Å². The Morgan fingerprint density at radius 1 is 1.11 bits per heavy atom. The van der Waals surface area contributed by atoms with Crippen LogP contribution in [-0.4, -0.2) is 19.2 Å². The number of nitrogens with zero attached hydrogens (tertiary/aromatic N) is 1. The van der Waals surface area contributed by atoms with Crippen LogP contribution in [0.25, 0.3) is 0 Å². The van der Waals surface area contributed by atoms with Crippen LogP contribution in [-0.2, 0) is 26.0 Å². The highest BCUT2D eigenvalue weighted by atomic mass is 32.2. The number of carbonyl (C=O) groups excluding carboxylic acids is 1. The number of halogens is 1. The van der Waals surface area contributed by atoms with Gasteiger partial charge < -0.3 is 0 Å². The molecule has 0 bridgehead atoms. The van der Waals surface area contributed by atoms with E-state index >= 15 is 0 Å². The van der Waals surface area contributed by atoms with Crippen LogP contribution >= 0.6 is 0 Å². The Bertz CT molecular complexity index is 968. The maximum absolute atomic E-state index is 13.2. The fourth-order valence-electron chi connectivity index (χ4n) is 3.15. The fraction of sp³-hybridized carbons (Fsp3) is 0.278. The number of nitro groups is 1. The summed E-state index contributed by atoms with van der Waals surface area (Å²) in [5, 5.41) is 10.7. The minimum Gasteiger partial charge on any atom is -0.273 e. The standard InChI is InChI=1S/C18H17FN2O5S/c19-15-6-4-14(5-7-15)18(10-1-11-18)17(22)20-27(25,26)12-13-2-8-16(9-3-13)21(23)24/h2-9H,1,10-12H2,(H,20,22). The summed E-state index contributed by atoms with van der Waals surface area (Å²) in [6.45, 7) is 0. The highest BCUT2D eigenvalue weighted by molar-refractivity contribution is 7.89. The quantitative estimate of drug-likeness (QED) is 0.601. The average Bonchev–Trinajstić information content (AvgIpc) is 2.55. The summed E-state index contributed by atoms with van der Waals surface area (Å²) in [5.41, 5.74) is -0.218. The molecule has 1 aliphatic carbocycles. The number of non-ortho nitro benzene ring substituents is 1. The van der Waals surface area contributed by atoms with Gasteiger partial charge in [0.15, 0.2) is 0 Å². The molecule has 0 saturated heterocycles. The van der Waals surface area contributed by atoms with Crippen LogP contribution in [0.4, 0.5) is 10.1 Å². The van der Waals surface area contributed by atoms with Gasteiger partial charge in [-0.25, -0.2) is 12.8 Å². The summed E-state index contributed by atoms with van der Waals surface area (Å²) < 4.78 is 40.0. The van der Waals surface area contributed by atoms with E-state index in [-0.39, 0.29) is 5.69 Å². The molecule has 0 unspecified atom stereocenters. The summed E-state index contributed by atoms with van der Waals surface area (Å²) in [4.78, 5) is 22.8. The van der Waals surface area contributed by atoms with E-state index in [0.29, 0.717) is 24.0 Å². The van der Waals surface area contributed by atoms with E-state index in [9.17, 15) is 27.7 Å². The minimum atomic E-state index is -3.99. The Kier molecular flexibility index (Phi) is 4.97. The molecule has 0 radical (unpaired) electrons. The maximum atomic E-state index is 13.2. The second-order valence-electron chi connectivity index (χ2n) is 6.56. The Morgan fingerprint density at radius 3 is 2.19 bits per heavy atom. The van der Waals surface area contributed by atoms with Gasteiger partial charge in [-0.1, -0.05) is 30.7 Å². The number of nitrogens with one attached hydrogen (secondary N) is 1. The van der Waals surface area contributed by atoms with Gasteiger partial charge in [-0.3, -0.25) is 19.6 Å².